The van der Waals surface area contributed by atoms with Crippen molar-refractivity contribution in [2.45, 2.75) is 33.0 Å². The molecule has 0 N–H and O–H groups in total. The molecule has 168 valence electrons. The van der Waals surface area contributed by atoms with Gasteiger partial charge in [0.15, 0.2) is 6.10 Å². The third-order valence-electron chi connectivity index (χ3n) is 5.07. The Morgan fingerprint density at radius 2 is 1.79 bits per heavy atom. The molecule has 1 heterocycles. The number of fused-ring (bicyclic) bond motifs is 1. The Bertz CT molecular complexity index is 1310. The van der Waals surface area contributed by atoms with Gasteiger partial charge in [0, 0.05) is 6.07 Å². The van der Waals surface area contributed by atoms with E-state index in [4.69, 9.17) is 18.6 Å². The van der Waals surface area contributed by atoms with E-state index in [-0.39, 0.29) is 17.8 Å². The summed E-state index contributed by atoms with van der Waals surface area (Å²) in [5, 5.41) is 0.354. The zero-order valence-electron chi connectivity index (χ0n) is 18.4. The first-order valence-electron chi connectivity index (χ1n) is 10.7. The van der Waals surface area contributed by atoms with Crippen LogP contribution in [0.4, 0.5) is 0 Å². The van der Waals surface area contributed by atoms with E-state index in [0.717, 1.165) is 11.1 Å². The topological polar surface area (TPSA) is 75.0 Å². The zero-order valence-corrected chi connectivity index (χ0v) is 18.4. The Kier molecular flexibility index (Phi) is 6.74. The molecule has 1 atom stereocenters. The van der Waals surface area contributed by atoms with Gasteiger partial charge in [-0.25, -0.2) is 4.79 Å². The van der Waals surface area contributed by atoms with Crippen molar-refractivity contribution >= 4 is 16.9 Å². The lowest BCUT2D eigenvalue weighted by atomic mass is 10.2. The highest BCUT2D eigenvalue weighted by atomic mass is 16.6. The SMILES string of the molecule is CC[C@H](Oc1ccc2c(=O)c(Oc3cccc(C)c3)coc2c1)C(=O)OCc1ccccc1. The molecule has 0 saturated heterocycles. The number of hydrogen-bond donors (Lipinski definition) is 0. The lowest BCUT2D eigenvalue weighted by molar-refractivity contribution is -0.153. The van der Waals surface area contributed by atoms with E-state index in [9.17, 15) is 9.59 Å². The van der Waals surface area contributed by atoms with Crippen LogP contribution < -0.4 is 14.9 Å². The van der Waals surface area contributed by atoms with Crippen LogP contribution in [0.1, 0.15) is 24.5 Å². The van der Waals surface area contributed by atoms with Crippen LogP contribution >= 0.6 is 0 Å². The molecular formula is C27H24O6. The van der Waals surface area contributed by atoms with Crippen LogP contribution in [-0.2, 0) is 16.1 Å². The Hall–Kier alpha value is -4.06. The first kappa shape index (κ1) is 22.1. The van der Waals surface area contributed by atoms with Crippen molar-refractivity contribution in [2.24, 2.45) is 0 Å². The van der Waals surface area contributed by atoms with Crippen molar-refractivity contribution in [1.29, 1.82) is 0 Å². The van der Waals surface area contributed by atoms with Crippen molar-refractivity contribution < 1.29 is 23.4 Å². The van der Waals surface area contributed by atoms with E-state index in [0.29, 0.717) is 28.9 Å². The highest BCUT2D eigenvalue weighted by Gasteiger charge is 2.21. The fourth-order valence-corrected chi connectivity index (χ4v) is 3.32. The van der Waals surface area contributed by atoms with Crippen LogP contribution in [0.15, 0.2) is 88.3 Å². The summed E-state index contributed by atoms with van der Waals surface area (Å²) < 4.78 is 22.6. The van der Waals surface area contributed by atoms with Gasteiger partial charge in [-0.05, 0) is 48.7 Å². The number of aryl methyl sites for hydroxylation is 1. The molecule has 1 aromatic heterocycles. The van der Waals surface area contributed by atoms with Crippen LogP contribution in [0, 0.1) is 6.92 Å². The van der Waals surface area contributed by atoms with Crippen molar-refractivity contribution in [1.82, 2.24) is 0 Å². The maximum atomic E-state index is 12.8. The smallest absolute Gasteiger partial charge is 0.347 e. The number of carbonyl (C=O) groups excluding carboxylic acids is 1. The maximum Gasteiger partial charge on any atom is 0.347 e. The molecule has 0 fully saturated rings. The highest BCUT2D eigenvalue weighted by molar-refractivity contribution is 5.79. The Balaban J connectivity index is 1.47. The molecule has 0 spiro atoms. The van der Waals surface area contributed by atoms with E-state index in [1.54, 1.807) is 24.3 Å². The third kappa shape index (κ3) is 5.41. The summed E-state index contributed by atoms with van der Waals surface area (Å²) >= 11 is 0. The van der Waals surface area contributed by atoms with Gasteiger partial charge < -0.3 is 18.6 Å². The van der Waals surface area contributed by atoms with Crippen molar-refractivity contribution in [3.05, 3.63) is 100 Å². The van der Waals surface area contributed by atoms with Gasteiger partial charge in [-0.2, -0.15) is 0 Å². The third-order valence-corrected chi connectivity index (χ3v) is 5.07. The molecule has 0 unspecified atom stereocenters. The molecule has 0 saturated carbocycles. The highest BCUT2D eigenvalue weighted by Crippen LogP contribution is 2.25. The lowest BCUT2D eigenvalue weighted by Gasteiger charge is -2.17. The van der Waals surface area contributed by atoms with Gasteiger partial charge >= 0.3 is 5.97 Å². The number of esters is 1. The fourth-order valence-electron chi connectivity index (χ4n) is 3.32. The van der Waals surface area contributed by atoms with Gasteiger partial charge in [0.05, 0.1) is 5.39 Å². The molecule has 0 aliphatic rings. The fraction of sp³-hybridized carbons (Fsp3) is 0.185. The molecule has 3 aromatic carbocycles. The molecular weight excluding hydrogens is 420 g/mol. The van der Waals surface area contributed by atoms with Crippen LogP contribution in [0.25, 0.3) is 11.0 Å². The van der Waals surface area contributed by atoms with Crippen LogP contribution in [-0.4, -0.2) is 12.1 Å². The minimum absolute atomic E-state index is 0.0951. The standard InChI is InChI=1S/C27H24O6/c1-3-23(27(29)31-16-19-9-5-4-6-10-19)32-21-12-13-22-24(15-21)30-17-25(26(22)28)33-20-11-7-8-18(2)14-20/h4-15,17,23H,3,16H2,1-2H3/t23-/m0/s1. The molecule has 0 aliphatic heterocycles. The summed E-state index contributed by atoms with van der Waals surface area (Å²) in [6.07, 6.45) is 0.933. The monoisotopic (exact) mass is 444 g/mol. The molecule has 33 heavy (non-hydrogen) atoms. The summed E-state index contributed by atoms with van der Waals surface area (Å²) in [5.74, 6) is 0.602. The summed E-state index contributed by atoms with van der Waals surface area (Å²) in [6, 6.07) is 21.7. The van der Waals surface area contributed by atoms with Gasteiger partial charge in [-0.1, -0.05) is 49.4 Å². The van der Waals surface area contributed by atoms with E-state index < -0.39 is 12.1 Å². The average molecular weight is 444 g/mol. The van der Waals surface area contributed by atoms with Gasteiger partial charge in [0.2, 0.25) is 11.2 Å². The maximum absolute atomic E-state index is 12.8. The zero-order chi connectivity index (χ0) is 23.2. The van der Waals surface area contributed by atoms with Crippen LogP contribution in [0.5, 0.6) is 17.2 Å². The number of ether oxygens (including phenoxy) is 3. The van der Waals surface area contributed by atoms with E-state index >= 15 is 0 Å². The Morgan fingerprint density at radius 3 is 2.55 bits per heavy atom. The largest absolute Gasteiger partial charge is 0.479 e. The Labute approximate surface area is 191 Å². The molecule has 0 aliphatic carbocycles. The molecule has 6 heteroatoms. The number of benzene rings is 3. The summed E-state index contributed by atoms with van der Waals surface area (Å²) in [7, 11) is 0. The first-order valence-corrected chi connectivity index (χ1v) is 10.7. The molecule has 0 bridgehead atoms. The summed E-state index contributed by atoms with van der Waals surface area (Å²) in [6.45, 7) is 3.96. The Morgan fingerprint density at radius 1 is 0.970 bits per heavy atom. The molecule has 4 aromatic rings. The minimum Gasteiger partial charge on any atom is -0.479 e. The van der Waals surface area contributed by atoms with Crippen molar-refractivity contribution in [3.8, 4) is 17.2 Å². The second-order valence-electron chi connectivity index (χ2n) is 7.61. The van der Waals surface area contributed by atoms with Gasteiger partial charge in [0.25, 0.3) is 0 Å². The number of carbonyl (C=O) groups is 1. The predicted molar refractivity (Wildman–Crippen MR) is 125 cm³/mol. The quantitative estimate of drug-likeness (QED) is 0.320. The van der Waals surface area contributed by atoms with Gasteiger partial charge in [-0.3, -0.25) is 4.79 Å². The van der Waals surface area contributed by atoms with Crippen LogP contribution in [0.2, 0.25) is 0 Å². The normalized spacial score (nSPS) is 11.7. The van der Waals surface area contributed by atoms with E-state index in [1.807, 2.05) is 62.4 Å². The summed E-state index contributed by atoms with van der Waals surface area (Å²) in [5.41, 5.74) is 1.96. The lowest BCUT2D eigenvalue weighted by Crippen LogP contribution is -2.28. The van der Waals surface area contributed by atoms with Gasteiger partial charge in [0.1, 0.15) is 30.0 Å². The predicted octanol–water partition coefficient (Wildman–Crippen LogP) is 5.79. The summed E-state index contributed by atoms with van der Waals surface area (Å²) in [4.78, 5) is 25.3. The average Bonchev–Trinajstić information content (AvgIpc) is 2.83. The second kappa shape index (κ2) is 10.0. The van der Waals surface area contributed by atoms with E-state index in [2.05, 4.69) is 0 Å². The molecule has 6 nitrogen and oxygen atoms in total. The second-order valence-corrected chi connectivity index (χ2v) is 7.61. The van der Waals surface area contributed by atoms with Crippen molar-refractivity contribution in [2.75, 3.05) is 0 Å². The van der Waals surface area contributed by atoms with Gasteiger partial charge in [-0.15, -0.1) is 0 Å². The first-order chi connectivity index (χ1) is 16.0. The number of rotatable bonds is 8. The number of hydrogen-bond acceptors (Lipinski definition) is 6. The minimum atomic E-state index is -0.776. The molecule has 4 rings (SSSR count). The van der Waals surface area contributed by atoms with Crippen LogP contribution in [0.3, 0.4) is 0 Å². The molecule has 0 amide bonds. The molecule has 0 radical (unpaired) electrons. The van der Waals surface area contributed by atoms with E-state index in [1.165, 1.54) is 6.26 Å². The van der Waals surface area contributed by atoms with Crippen molar-refractivity contribution in [3.63, 3.8) is 0 Å².